The molecule has 0 radical (unpaired) electrons. The van der Waals surface area contributed by atoms with Crippen LogP contribution in [0.15, 0.2) is 11.4 Å². The number of aryl methyl sites for hydroxylation is 1. The Kier molecular flexibility index (Phi) is 4.01. The van der Waals surface area contributed by atoms with Crippen LogP contribution in [0.2, 0.25) is 0 Å². The van der Waals surface area contributed by atoms with Crippen LogP contribution in [-0.4, -0.2) is 41.1 Å². The summed E-state index contributed by atoms with van der Waals surface area (Å²) in [5.41, 5.74) is -2.09. The van der Waals surface area contributed by atoms with E-state index < -0.39 is 36.4 Å². The van der Waals surface area contributed by atoms with Crippen molar-refractivity contribution in [1.82, 2.24) is 4.90 Å². The number of amides is 1. The van der Waals surface area contributed by atoms with Crippen molar-refractivity contribution in [3.8, 4) is 0 Å². The van der Waals surface area contributed by atoms with Gasteiger partial charge in [-0.3, -0.25) is 9.59 Å². The summed E-state index contributed by atoms with van der Waals surface area (Å²) in [6, 6.07) is 1.75. The van der Waals surface area contributed by atoms with Crippen LogP contribution in [0.5, 0.6) is 0 Å². The van der Waals surface area contributed by atoms with Gasteiger partial charge in [0.1, 0.15) is 0 Å². The number of hydrogen-bond acceptors (Lipinski definition) is 3. The minimum atomic E-state index is -4.88. The molecule has 0 bridgehead atoms. The molecule has 0 aliphatic carbocycles. The lowest BCUT2D eigenvalue weighted by molar-refractivity contribution is -0.227. The SMILES string of the molecule is CCc1ccsc1C(=O)N1CCC(C(=O)O)(C(F)(F)F)C1. The Morgan fingerprint density at radius 1 is 1.48 bits per heavy atom. The topological polar surface area (TPSA) is 57.6 Å². The molecule has 0 aromatic carbocycles. The standard InChI is InChI=1S/C13H14F3NO3S/c1-2-8-3-6-21-9(8)10(18)17-5-4-12(7-17,11(19)20)13(14,15)16/h3,6H,2,4-5,7H2,1H3,(H,19,20). The van der Waals surface area contributed by atoms with Crippen LogP contribution in [0.1, 0.15) is 28.6 Å². The fraction of sp³-hybridized carbons (Fsp3) is 0.538. The summed E-state index contributed by atoms with van der Waals surface area (Å²) in [5.74, 6) is -2.44. The third-order valence-electron chi connectivity index (χ3n) is 3.83. The summed E-state index contributed by atoms with van der Waals surface area (Å²) in [7, 11) is 0. The predicted molar refractivity (Wildman–Crippen MR) is 70.3 cm³/mol. The van der Waals surface area contributed by atoms with Gasteiger partial charge in [0, 0.05) is 13.1 Å². The highest BCUT2D eigenvalue weighted by Gasteiger charge is 2.64. The molecule has 1 N–H and O–H groups in total. The highest BCUT2D eigenvalue weighted by molar-refractivity contribution is 7.12. The molecular weight excluding hydrogens is 307 g/mol. The third-order valence-corrected chi connectivity index (χ3v) is 4.78. The van der Waals surface area contributed by atoms with Crippen LogP contribution in [0.25, 0.3) is 0 Å². The molecule has 116 valence electrons. The molecule has 8 heteroatoms. The summed E-state index contributed by atoms with van der Waals surface area (Å²) in [6.45, 7) is 0.817. The average Bonchev–Trinajstić information content (AvgIpc) is 3.04. The van der Waals surface area contributed by atoms with Gasteiger partial charge in [0.15, 0.2) is 5.41 Å². The molecule has 1 aliphatic heterocycles. The van der Waals surface area contributed by atoms with Crippen molar-refractivity contribution < 1.29 is 27.9 Å². The first kappa shape index (κ1) is 15.8. The van der Waals surface area contributed by atoms with Gasteiger partial charge in [-0.15, -0.1) is 11.3 Å². The molecule has 2 rings (SSSR count). The number of halogens is 3. The number of nitrogens with zero attached hydrogens (tertiary/aromatic N) is 1. The van der Waals surface area contributed by atoms with Crippen LogP contribution in [0, 0.1) is 5.41 Å². The maximum Gasteiger partial charge on any atom is 0.406 e. The molecule has 2 heterocycles. The van der Waals surface area contributed by atoms with E-state index in [1.54, 1.807) is 11.4 Å². The lowest BCUT2D eigenvalue weighted by Gasteiger charge is -2.27. The average molecular weight is 321 g/mol. The minimum absolute atomic E-state index is 0.203. The third kappa shape index (κ3) is 2.52. The highest BCUT2D eigenvalue weighted by atomic mass is 32.1. The molecule has 1 saturated heterocycles. The van der Waals surface area contributed by atoms with E-state index in [9.17, 15) is 22.8 Å². The number of carboxylic acids is 1. The zero-order valence-electron chi connectivity index (χ0n) is 11.2. The van der Waals surface area contributed by atoms with E-state index >= 15 is 0 Å². The second-order valence-corrected chi connectivity index (χ2v) is 5.91. The Labute approximate surface area is 123 Å². The van der Waals surface area contributed by atoms with Gasteiger partial charge in [-0.25, -0.2) is 0 Å². The summed E-state index contributed by atoms with van der Waals surface area (Å²) in [5, 5.41) is 10.7. The molecule has 0 saturated carbocycles. The molecule has 1 unspecified atom stereocenters. The Balaban J connectivity index is 2.26. The first-order valence-electron chi connectivity index (χ1n) is 6.38. The van der Waals surface area contributed by atoms with E-state index in [0.717, 1.165) is 10.5 Å². The van der Waals surface area contributed by atoms with Crippen molar-refractivity contribution in [3.05, 3.63) is 21.9 Å². The Hall–Kier alpha value is -1.57. The molecule has 1 atom stereocenters. The van der Waals surface area contributed by atoms with Crippen LogP contribution < -0.4 is 0 Å². The smallest absolute Gasteiger partial charge is 0.406 e. The zero-order chi connectivity index (χ0) is 15.8. The number of carbonyl (C=O) groups is 2. The Bertz CT molecular complexity index is 569. The minimum Gasteiger partial charge on any atom is -0.481 e. The van der Waals surface area contributed by atoms with Crippen molar-refractivity contribution in [1.29, 1.82) is 0 Å². The molecule has 1 fully saturated rings. The van der Waals surface area contributed by atoms with Crippen LogP contribution in [0.3, 0.4) is 0 Å². The maximum atomic E-state index is 13.1. The molecule has 1 amide bonds. The molecule has 0 spiro atoms. The van der Waals surface area contributed by atoms with E-state index in [2.05, 4.69) is 0 Å². The van der Waals surface area contributed by atoms with E-state index in [1.807, 2.05) is 6.92 Å². The van der Waals surface area contributed by atoms with Crippen molar-refractivity contribution >= 4 is 23.2 Å². The summed E-state index contributed by atoms with van der Waals surface area (Å²) in [4.78, 5) is 24.8. The van der Waals surface area contributed by atoms with Crippen molar-refractivity contribution in [2.45, 2.75) is 25.9 Å². The lowest BCUT2D eigenvalue weighted by Crippen LogP contribution is -2.47. The monoisotopic (exact) mass is 321 g/mol. The lowest BCUT2D eigenvalue weighted by atomic mass is 9.86. The van der Waals surface area contributed by atoms with Crippen molar-refractivity contribution in [2.75, 3.05) is 13.1 Å². The van der Waals surface area contributed by atoms with E-state index in [4.69, 9.17) is 5.11 Å². The molecule has 21 heavy (non-hydrogen) atoms. The van der Waals surface area contributed by atoms with E-state index in [0.29, 0.717) is 11.3 Å². The van der Waals surface area contributed by atoms with Crippen LogP contribution >= 0.6 is 11.3 Å². The van der Waals surface area contributed by atoms with E-state index in [-0.39, 0.29) is 6.54 Å². The number of thiophene rings is 1. The quantitative estimate of drug-likeness (QED) is 0.931. The normalized spacial score (nSPS) is 22.6. The highest BCUT2D eigenvalue weighted by Crippen LogP contribution is 2.46. The van der Waals surface area contributed by atoms with Crippen LogP contribution in [0.4, 0.5) is 13.2 Å². The maximum absolute atomic E-state index is 13.1. The van der Waals surface area contributed by atoms with Crippen molar-refractivity contribution in [3.63, 3.8) is 0 Å². The number of rotatable bonds is 3. The number of carbonyl (C=O) groups excluding carboxylic acids is 1. The number of likely N-dealkylation sites (tertiary alicyclic amines) is 1. The van der Waals surface area contributed by atoms with Gasteiger partial charge in [0.25, 0.3) is 5.91 Å². The molecule has 4 nitrogen and oxygen atoms in total. The predicted octanol–water partition coefficient (Wildman–Crippen LogP) is 2.79. The first-order chi connectivity index (χ1) is 9.73. The fourth-order valence-corrected chi connectivity index (χ4v) is 3.42. The van der Waals surface area contributed by atoms with Crippen molar-refractivity contribution in [2.24, 2.45) is 5.41 Å². The second kappa shape index (κ2) is 5.32. The summed E-state index contributed by atoms with van der Waals surface area (Å²) < 4.78 is 39.2. The number of hydrogen-bond donors (Lipinski definition) is 1. The Morgan fingerprint density at radius 2 is 2.14 bits per heavy atom. The van der Waals surface area contributed by atoms with Gasteiger partial charge in [-0.2, -0.15) is 13.2 Å². The zero-order valence-corrected chi connectivity index (χ0v) is 12.1. The summed E-state index contributed by atoms with van der Waals surface area (Å²) in [6.07, 6.45) is -4.89. The van der Waals surface area contributed by atoms with Gasteiger partial charge < -0.3 is 10.0 Å². The van der Waals surface area contributed by atoms with Gasteiger partial charge >= 0.3 is 12.1 Å². The van der Waals surface area contributed by atoms with Gasteiger partial charge in [-0.05, 0) is 29.9 Å². The molecule has 1 aliphatic rings. The number of alkyl halides is 3. The molecular formula is C13H14F3NO3S. The van der Waals surface area contributed by atoms with Gasteiger partial charge in [-0.1, -0.05) is 6.92 Å². The molecule has 1 aromatic heterocycles. The summed E-state index contributed by atoms with van der Waals surface area (Å²) >= 11 is 1.17. The van der Waals surface area contributed by atoms with E-state index in [1.165, 1.54) is 11.3 Å². The molecule has 1 aromatic rings. The van der Waals surface area contributed by atoms with Crippen LogP contribution in [-0.2, 0) is 11.2 Å². The van der Waals surface area contributed by atoms with Gasteiger partial charge in [0.05, 0.1) is 4.88 Å². The largest absolute Gasteiger partial charge is 0.481 e. The number of carboxylic acid groups (broad SMARTS) is 1. The number of aliphatic carboxylic acids is 1. The second-order valence-electron chi connectivity index (χ2n) is 4.99. The fourth-order valence-electron chi connectivity index (χ4n) is 2.46. The first-order valence-corrected chi connectivity index (χ1v) is 7.26. The Morgan fingerprint density at radius 3 is 2.62 bits per heavy atom. The van der Waals surface area contributed by atoms with Gasteiger partial charge in [0.2, 0.25) is 0 Å².